The van der Waals surface area contributed by atoms with E-state index in [-0.39, 0.29) is 48.5 Å². The number of anilines is 1. The van der Waals surface area contributed by atoms with Crippen LogP contribution in [0.4, 0.5) is 20.2 Å². The van der Waals surface area contributed by atoms with Gasteiger partial charge in [-0.25, -0.2) is 8.78 Å². The van der Waals surface area contributed by atoms with E-state index in [2.05, 4.69) is 26.2 Å². The summed E-state index contributed by atoms with van der Waals surface area (Å²) in [5, 5.41) is 16.8. The summed E-state index contributed by atoms with van der Waals surface area (Å²) in [4.78, 5) is 45.5. The summed E-state index contributed by atoms with van der Waals surface area (Å²) in [6.07, 6.45) is 3.59. The Hall–Kier alpha value is -3.67. The van der Waals surface area contributed by atoms with Gasteiger partial charge in [-0.15, -0.1) is 0 Å². The first-order valence-corrected chi connectivity index (χ1v) is 13.5. The first-order valence-electron chi connectivity index (χ1n) is 12.7. The van der Waals surface area contributed by atoms with E-state index in [1.807, 2.05) is 24.3 Å². The second kappa shape index (κ2) is 10.8. The number of nitro benzene ring substituents is 1. The number of nitrogens with one attached hydrogen (secondary N) is 1. The fourth-order valence-corrected chi connectivity index (χ4v) is 5.65. The molecule has 3 aromatic rings. The van der Waals surface area contributed by atoms with Crippen molar-refractivity contribution in [2.75, 3.05) is 31.5 Å². The molecule has 2 aromatic carbocycles. The predicted octanol–water partition coefficient (Wildman–Crippen LogP) is 5.49. The smallest absolute Gasteiger partial charge is 0.294 e. The van der Waals surface area contributed by atoms with E-state index in [9.17, 15) is 28.5 Å². The Bertz CT molecular complexity index is 1440. The number of amides is 2. The van der Waals surface area contributed by atoms with Gasteiger partial charge in [-0.05, 0) is 24.3 Å². The lowest BCUT2D eigenvalue weighted by Crippen LogP contribution is -2.46. The summed E-state index contributed by atoms with van der Waals surface area (Å²) in [6, 6.07) is 9.88. The Morgan fingerprint density at radius 2 is 1.77 bits per heavy atom. The van der Waals surface area contributed by atoms with Crippen molar-refractivity contribution in [2.24, 2.45) is 0 Å². The molecule has 0 unspecified atom stereocenters. The van der Waals surface area contributed by atoms with Crippen molar-refractivity contribution in [3.05, 3.63) is 74.5 Å². The second-order valence-electron chi connectivity index (χ2n) is 9.90. The zero-order valence-corrected chi connectivity index (χ0v) is 22.5. The highest BCUT2D eigenvalue weighted by molar-refractivity contribution is 9.10. The van der Waals surface area contributed by atoms with Crippen molar-refractivity contribution in [1.82, 2.24) is 14.8 Å². The van der Waals surface area contributed by atoms with Gasteiger partial charge in [0.2, 0.25) is 0 Å². The van der Waals surface area contributed by atoms with Crippen LogP contribution in [-0.2, 0) is 0 Å². The van der Waals surface area contributed by atoms with E-state index in [0.29, 0.717) is 29.4 Å². The number of piperidine rings is 2. The summed E-state index contributed by atoms with van der Waals surface area (Å²) in [6.45, 7) is 0.488. The molecule has 1 N–H and O–H groups in total. The van der Waals surface area contributed by atoms with Gasteiger partial charge in [-0.3, -0.25) is 24.7 Å². The molecule has 2 saturated heterocycles. The number of carbonyl (C=O) groups is 2. The number of benzene rings is 2. The summed E-state index contributed by atoms with van der Waals surface area (Å²) in [5.74, 6) is -3.58. The van der Waals surface area contributed by atoms with Gasteiger partial charge < -0.3 is 15.1 Å². The molecule has 12 heteroatoms. The number of nitro groups is 1. The summed E-state index contributed by atoms with van der Waals surface area (Å²) in [7, 11) is 0. The number of aromatic nitrogens is 1. The second-order valence-corrected chi connectivity index (χ2v) is 10.8. The molecule has 2 aliphatic rings. The minimum absolute atomic E-state index is 0.0247. The molecular weight excluding hydrogens is 576 g/mol. The van der Waals surface area contributed by atoms with Crippen molar-refractivity contribution in [3.63, 3.8) is 0 Å². The van der Waals surface area contributed by atoms with Crippen LogP contribution in [0.3, 0.4) is 0 Å². The Balaban J connectivity index is 1.41. The van der Waals surface area contributed by atoms with Gasteiger partial charge in [-0.2, -0.15) is 0 Å². The van der Waals surface area contributed by atoms with Gasteiger partial charge in [0.1, 0.15) is 5.69 Å². The highest BCUT2D eigenvalue weighted by Gasteiger charge is 2.37. The molecule has 39 heavy (non-hydrogen) atoms. The molecule has 204 valence electrons. The molecule has 2 fully saturated rings. The van der Waals surface area contributed by atoms with Crippen molar-refractivity contribution in [2.45, 2.75) is 37.6 Å². The summed E-state index contributed by atoms with van der Waals surface area (Å²) >= 11 is 3.24. The van der Waals surface area contributed by atoms with Crippen molar-refractivity contribution >= 4 is 49.9 Å². The normalized spacial score (nSPS) is 19.1. The maximum atomic E-state index is 13.7. The van der Waals surface area contributed by atoms with E-state index in [1.165, 1.54) is 17.0 Å². The number of rotatable bonds is 5. The third kappa shape index (κ3) is 5.70. The Labute approximate surface area is 231 Å². The van der Waals surface area contributed by atoms with Crippen molar-refractivity contribution in [1.29, 1.82) is 0 Å². The first-order chi connectivity index (χ1) is 18.6. The van der Waals surface area contributed by atoms with Crippen molar-refractivity contribution < 1.29 is 23.3 Å². The average molecular weight is 602 g/mol. The number of pyridine rings is 1. The Kier molecular flexibility index (Phi) is 7.48. The number of halogens is 3. The third-order valence-corrected chi connectivity index (χ3v) is 7.71. The van der Waals surface area contributed by atoms with Gasteiger partial charge >= 0.3 is 0 Å². The maximum absolute atomic E-state index is 13.7. The van der Waals surface area contributed by atoms with Crippen LogP contribution in [0, 0.1) is 10.1 Å². The highest BCUT2D eigenvalue weighted by atomic mass is 79.9. The SMILES string of the molecule is O=C(c1cc(Br)cc([N+](=O)[O-])c1N[C@@H]1CCCN(C(=O)c2cncc3ccccc23)C1)N1CCC(F)(F)CC1. The maximum Gasteiger partial charge on any atom is 0.294 e. The number of carbonyl (C=O) groups excluding carboxylic acids is 2. The van der Waals surface area contributed by atoms with Crippen molar-refractivity contribution in [3.8, 4) is 0 Å². The van der Waals surface area contributed by atoms with Gasteiger partial charge in [0.15, 0.2) is 0 Å². The van der Waals surface area contributed by atoms with Gasteiger partial charge in [0.05, 0.1) is 16.1 Å². The molecule has 0 spiro atoms. The largest absolute Gasteiger partial charge is 0.374 e. The van der Waals surface area contributed by atoms with Crippen LogP contribution in [0.1, 0.15) is 46.4 Å². The van der Waals surface area contributed by atoms with Crippen LogP contribution < -0.4 is 5.32 Å². The van der Waals surface area contributed by atoms with E-state index in [4.69, 9.17) is 0 Å². The number of nitrogens with zero attached hydrogens (tertiary/aromatic N) is 4. The minimum Gasteiger partial charge on any atom is -0.374 e. The zero-order chi connectivity index (χ0) is 27.7. The fraction of sp³-hybridized carbons (Fsp3) is 0.370. The number of hydrogen-bond donors (Lipinski definition) is 1. The lowest BCUT2D eigenvalue weighted by molar-refractivity contribution is -0.384. The average Bonchev–Trinajstić information content (AvgIpc) is 2.92. The molecule has 5 rings (SSSR count). The molecular formula is C27H26BrF2N5O4. The van der Waals surface area contributed by atoms with Crippen LogP contribution in [0.2, 0.25) is 0 Å². The van der Waals surface area contributed by atoms with Gasteiger partial charge in [0.25, 0.3) is 23.4 Å². The molecule has 3 heterocycles. The molecule has 0 saturated carbocycles. The molecule has 0 radical (unpaired) electrons. The van der Waals surface area contributed by atoms with Gasteiger partial charge in [0, 0.05) is 73.4 Å². The monoisotopic (exact) mass is 601 g/mol. The topological polar surface area (TPSA) is 109 Å². The van der Waals surface area contributed by atoms with Crippen LogP contribution in [0.15, 0.2) is 53.3 Å². The van der Waals surface area contributed by atoms with Crippen LogP contribution in [0.25, 0.3) is 10.8 Å². The van der Waals surface area contributed by atoms with Crippen LogP contribution in [-0.4, -0.2) is 69.7 Å². The van der Waals surface area contributed by atoms with E-state index < -0.39 is 29.6 Å². The zero-order valence-electron chi connectivity index (χ0n) is 20.9. The number of likely N-dealkylation sites (tertiary alicyclic amines) is 2. The van der Waals surface area contributed by atoms with E-state index in [0.717, 1.165) is 10.8 Å². The fourth-order valence-electron chi connectivity index (χ4n) is 5.20. The van der Waals surface area contributed by atoms with E-state index in [1.54, 1.807) is 17.3 Å². The predicted molar refractivity (Wildman–Crippen MR) is 145 cm³/mol. The van der Waals surface area contributed by atoms with Gasteiger partial charge in [-0.1, -0.05) is 40.2 Å². The third-order valence-electron chi connectivity index (χ3n) is 7.25. The van der Waals surface area contributed by atoms with E-state index >= 15 is 0 Å². The Morgan fingerprint density at radius 3 is 2.51 bits per heavy atom. The molecule has 9 nitrogen and oxygen atoms in total. The summed E-state index contributed by atoms with van der Waals surface area (Å²) < 4.78 is 27.7. The number of alkyl halides is 2. The Morgan fingerprint density at radius 1 is 1.05 bits per heavy atom. The molecule has 1 atom stereocenters. The summed E-state index contributed by atoms with van der Waals surface area (Å²) in [5.41, 5.74) is 0.220. The molecule has 2 amide bonds. The lowest BCUT2D eigenvalue weighted by atomic mass is 10.0. The molecule has 0 aliphatic carbocycles. The minimum atomic E-state index is -2.83. The molecule has 0 bridgehead atoms. The first kappa shape index (κ1) is 26.9. The lowest BCUT2D eigenvalue weighted by Gasteiger charge is -2.35. The standard InChI is InChI=1S/C27H26BrF2N5O4/c28-18-12-21(25(36)33-10-7-27(29,30)8-11-33)24(23(13-18)35(38)39)32-19-5-3-9-34(16-19)26(37)22-15-31-14-17-4-1-2-6-20(17)22/h1-2,4,6,12-15,19,32H,3,5,7-11,16H2/t19-/m1/s1. The number of hydrogen-bond acceptors (Lipinski definition) is 6. The quantitative estimate of drug-likeness (QED) is 0.306. The molecule has 1 aromatic heterocycles. The number of fused-ring (bicyclic) bond motifs is 1. The van der Waals surface area contributed by atoms with Crippen LogP contribution >= 0.6 is 15.9 Å². The molecule has 2 aliphatic heterocycles. The van der Waals surface area contributed by atoms with Crippen LogP contribution in [0.5, 0.6) is 0 Å². The highest BCUT2D eigenvalue weighted by Crippen LogP contribution is 2.36.